The van der Waals surface area contributed by atoms with E-state index in [0.29, 0.717) is 0 Å². The second-order valence-electron chi connectivity index (χ2n) is 6.16. The summed E-state index contributed by atoms with van der Waals surface area (Å²) in [5.41, 5.74) is 7.11. The van der Waals surface area contributed by atoms with Gasteiger partial charge in [0.15, 0.2) is 0 Å². The Hall–Kier alpha value is -2.88. The zero-order valence-electron chi connectivity index (χ0n) is 14.1. The molecule has 0 unspecified atom stereocenters. The van der Waals surface area contributed by atoms with Crippen LogP contribution in [0.2, 0.25) is 0 Å². The highest BCUT2D eigenvalue weighted by Gasteiger charge is 2.12. The minimum Gasteiger partial charge on any atom is -0.344 e. The molecule has 0 aliphatic heterocycles. The number of rotatable bonds is 4. The number of benzene rings is 2. The molecule has 0 saturated heterocycles. The molecule has 0 bridgehead atoms. The van der Waals surface area contributed by atoms with Crippen LogP contribution < -0.4 is 0 Å². The minimum atomic E-state index is -0.371. The van der Waals surface area contributed by atoms with Crippen LogP contribution in [-0.2, 0) is 6.54 Å². The smallest absolute Gasteiger partial charge is 0.269 e. The highest BCUT2D eigenvalue weighted by Crippen LogP contribution is 2.29. The van der Waals surface area contributed by atoms with E-state index in [0.717, 1.165) is 17.7 Å². The molecule has 0 amide bonds. The van der Waals surface area contributed by atoms with Gasteiger partial charge in [-0.3, -0.25) is 10.1 Å². The molecule has 4 heteroatoms. The summed E-state index contributed by atoms with van der Waals surface area (Å²) in [6.45, 7) is 7.10. The number of nitro benzene ring substituents is 1. The molecule has 0 radical (unpaired) electrons. The molecule has 24 heavy (non-hydrogen) atoms. The first-order valence-electron chi connectivity index (χ1n) is 7.93. The molecule has 1 heterocycles. The Morgan fingerprint density at radius 2 is 1.58 bits per heavy atom. The molecule has 122 valence electrons. The molecule has 0 spiro atoms. The average molecular weight is 320 g/mol. The third-order valence-electron chi connectivity index (χ3n) is 4.42. The molecule has 0 fully saturated rings. The standard InChI is InChI=1S/C20H20N2O2/c1-14-4-6-17(7-5-14)13-21-15(2)12-20(16(21)3)18-8-10-19(11-9-18)22(23)24/h4-12H,13H2,1-3H3. The third-order valence-corrected chi connectivity index (χ3v) is 4.42. The van der Waals surface area contributed by atoms with Crippen molar-refractivity contribution < 1.29 is 4.92 Å². The van der Waals surface area contributed by atoms with Gasteiger partial charge in [-0.2, -0.15) is 0 Å². The summed E-state index contributed by atoms with van der Waals surface area (Å²) in [6.07, 6.45) is 0. The monoisotopic (exact) mass is 320 g/mol. The van der Waals surface area contributed by atoms with Gasteiger partial charge in [-0.25, -0.2) is 0 Å². The van der Waals surface area contributed by atoms with Gasteiger partial charge < -0.3 is 4.57 Å². The van der Waals surface area contributed by atoms with Crippen molar-refractivity contribution >= 4 is 5.69 Å². The Bertz CT molecular complexity index is 875. The van der Waals surface area contributed by atoms with Crippen molar-refractivity contribution in [3.63, 3.8) is 0 Å². The number of aromatic nitrogens is 1. The summed E-state index contributed by atoms with van der Waals surface area (Å²) < 4.78 is 2.28. The molecule has 0 aliphatic rings. The third kappa shape index (κ3) is 3.08. The van der Waals surface area contributed by atoms with Crippen LogP contribution in [-0.4, -0.2) is 9.49 Å². The predicted octanol–water partition coefficient (Wildman–Crippen LogP) is 5.04. The number of nitro groups is 1. The van der Waals surface area contributed by atoms with Crippen LogP contribution in [0.4, 0.5) is 5.69 Å². The van der Waals surface area contributed by atoms with Crippen LogP contribution in [0.5, 0.6) is 0 Å². The van der Waals surface area contributed by atoms with Gasteiger partial charge in [-0.05, 0) is 50.1 Å². The van der Waals surface area contributed by atoms with E-state index in [9.17, 15) is 10.1 Å². The highest BCUT2D eigenvalue weighted by molar-refractivity contribution is 5.68. The van der Waals surface area contributed by atoms with Crippen LogP contribution >= 0.6 is 0 Å². The summed E-state index contributed by atoms with van der Waals surface area (Å²) in [6, 6.07) is 17.4. The molecule has 2 aromatic carbocycles. The molecular formula is C20H20N2O2. The summed E-state index contributed by atoms with van der Waals surface area (Å²) in [4.78, 5) is 10.4. The van der Waals surface area contributed by atoms with Gasteiger partial charge in [0.2, 0.25) is 0 Å². The van der Waals surface area contributed by atoms with Gasteiger partial charge in [0.05, 0.1) is 4.92 Å². The van der Waals surface area contributed by atoms with Gasteiger partial charge in [0.1, 0.15) is 0 Å². The predicted molar refractivity (Wildman–Crippen MR) is 96.3 cm³/mol. The van der Waals surface area contributed by atoms with Crippen molar-refractivity contribution in [1.82, 2.24) is 4.57 Å². The van der Waals surface area contributed by atoms with Crippen LogP contribution in [0.15, 0.2) is 54.6 Å². The van der Waals surface area contributed by atoms with Crippen molar-refractivity contribution in [3.05, 3.63) is 87.2 Å². The largest absolute Gasteiger partial charge is 0.344 e. The van der Waals surface area contributed by atoms with Crippen LogP contribution in [0.1, 0.15) is 22.5 Å². The van der Waals surface area contributed by atoms with Crippen molar-refractivity contribution in [2.45, 2.75) is 27.3 Å². The summed E-state index contributed by atoms with van der Waals surface area (Å²) in [5, 5.41) is 10.8. The lowest BCUT2D eigenvalue weighted by molar-refractivity contribution is -0.384. The van der Waals surface area contributed by atoms with Gasteiger partial charge in [-0.15, -0.1) is 0 Å². The minimum absolute atomic E-state index is 0.118. The molecule has 3 rings (SSSR count). The first kappa shape index (κ1) is 16.0. The van der Waals surface area contributed by atoms with Crippen LogP contribution in [0.3, 0.4) is 0 Å². The van der Waals surface area contributed by atoms with Crippen LogP contribution in [0, 0.1) is 30.9 Å². The Morgan fingerprint density at radius 3 is 2.17 bits per heavy atom. The topological polar surface area (TPSA) is 48.1 Å². The molecule has 0 atom stereocenters. The van der Waals surface area contributed by atoms with E-state index in [1.165, 1.54) is 22.5 Å². The zero-order chi connectivity index (χ0) is 17.3. The van der Waals surface area contributed by atoms with Gasteiger partial charge in [0, 0.05) is 35.6 Å². The fraction of sp³-hybridized carbons (Fsp3) is 0.200. The molecular weight excluding hydrogens is 300 g/mol. The number of non-ortho nitro benzene ring substituents is 1. The lowest BCUT2D eigenvalue weighted by atomic mass is 10.1. The van der Waals surface area contributed by atoms with Gasteiger partial charge >= 0.3 is 0 Å². The maximum absolute atomic E-state index is 10.8. The van der Waals surface area contributed by atoms with Crippen molar-refractivity contribution in [1.29, 1.82) is 0 Å². The maximum atomic E-state index is 10.8. The van der Waals surface area contributed by atoms with Crippen molar-refractivity contribution in [2.75, 3.05) is 0 Å². The Morgan fingerprint density at radius 1 is 0.958 bits per heavy atom. The molecule has 3 aromatic rings. The molecule has 1 aromatic heterocycles. The van der Waals surface area contributed by atoms with E-state index in [2.05, 4.69) is 55.7 Å². The van der Waals surface area contributed by atoms with E-state index in [4.69, 9.17) is 0 Å². The molecule has 0 aliphatic carbocycles. The summed E-state index contributed by atoms with van der Waals surface area (Å²) in [5.74, 6) is 0. The van der Waals surface area contributed by atoms with E-state index in [-0.39, 0.29) is 10.6 Å². The second-order valence-corrected chi connectivity index (χ2v) is 6.16. The quantitative estimate of drug-likeness (QED) is 0.499. The fourth-order valence-electron chi connectivity index (χ4n) is 2.98. The maximum Gasteiger partial charge on any atom is 0.269 e. The van der Waals surface area contributed by atoms with Crippen molar-refractivity contribution in [2.24, 2.45) is 0 Å². The Kier molecular flexibility index (Phi) is 4.21. The Balaban J connectivity index is 1.93. The van der Waals surface area contributed by atoms with Gasteiger partial charge in [-0.1, -0.05) is 29.8 Å². The number of hydrogen-bond donors (Lipinski definition) is 0. The highest BCUT2D eigenvalue weighted by atomic mass is 16.6. The Labute approximate surface area is 141 Å². The average Bonchev–Trinajstić information content (AvgIpc) is 2.85. The van der Waals surface area contributed by atoms with E-state index in [1.807, 2.05) is 12.1 Å². The van der Waals surface area contributed by atoms with Crippen molar-refractivity contribution in [3.8, 4) is 11.1 Å². The summed E-state index contributed by atoms with van der Waals surface area (Å²) >= 11 is 0. The lowest BCUT2D eigenvalue weighted by Gasteiger charge is -2.10. The second kappa shape index (κ2) is 6.32. The number of nitrogens with zero attached hydrogens (tertiary/aromatic N) is 2. The molecule has 0 saturated carbocycles. The number of aryl methyl sites for hydroxylation is 2. The lowest BCUT2D eigenvalue weighted by Crippen LogP contribution is -2.03. The SMILES string of the molecule is Cc1ccc(Cn2c(C)cc(-c3ccc([N+](=O)[O-])cc3)c2C)cc1. The normalized spacial score (nSPS) is 10.8. The molecule has 4 nitrogen and oxygen atoms in total. The number of hydrogen-bond acceptors (Lipinski definition) is 2. The fourth-order valence-corrected chi connectivity index (χ4v) is 2.98. The first-order valence-corrected chi connectivity index (χ1v) is 7.93. The van der Waals surface area contributed by atoms with Gasteiger partial charge in [0.25, 0.3) is 5.69 Å². The van der Waals surface area contributed by atoms with E-state index >= 15 is 0 Å². The summed E-state index contributed by atoms with van der Waals surface area (Å²) in [7, 11) is 0. The zero-order valence-corrected chi connectivity index (χ0v) is 14.1. The first-order chi connectivity index (χ1) is 11.5. The molecule has 0 N–H and O–H groups in total. The van der Waals surface area contributed by atoms with E-state index < -0.39 is 0 Å². The van der Waals surface area contributed by atoms with Crippen LogP contribution in [0.25, 0.3) is 11.1 Å². The van der Waals surface area contributed by atoms with E-state index in [1.54, 1.807) is 12.1 Å².